The summed E-state index contributed by atoms with van der Waals surface area (Å²) < 4.78 is 0. The minimum Gasteiger partial charge on any atom is -0.311 e. The van der Waals surface area contributed by atoms with Gasteiger partial charge in [0, 0.05) is 34.1 Å². The quantitative estimate of drug-likeness (QED) is 0.128. The van der Waals surface area contributed by atoms with Crippen LogP contribution in [0, 0.1) is 0 Å². The molecule has 2 nitrogen and oxygen atoms in total. The minimum atomic E-state index is -1.39. The van der Waals surface area contributed by atoms with Crippen molar-refractivity contribution in [1.29, 1.82) is 0 Å². The third-order valence-corrected chi connectivity index (χ3v) is 13.1. The fourth-order valence-corrected chi connectivity index (χ4v) is 8.98. The van der Waals surface area contributed by atoms with Gasteiger partial charge in [0.05, 0.1) is 8.07 Å². The highest BCUT2D eigenvalue weighted by Crippen LogP contribution is 2.39. The van der Waals surface area contributed by atoms with Crippen molar-refractivity contribution in [2.75, 3.05) is 9.80 Å². The summed E-state index contributed by atoms with van der Waals surface area (Å²) >= 11 is 0. The average molecular weight is 763 g/mol. The summed E-state index contributed by atoms with van der Waals surface area (Å²) in [7, 11) is -1.39. The second-order valence-electron chi connectivity index (χ2n) is 15.9. The van der Waals surface area contributed by atoms with E-state index in [2.05, 4.69) is 254 Å². The number of para-hydroxylation sites is 2. The Bertz CT molecular complexity index is 2770. The number of rotatable bonds is 10. The van der Waals surface area contributed by atoms with Gasteiger partial charge in [0.25, 0.3) is 0 Å². The highest BCUT2D eigenvalue weighted by Gasteiger charge is 2.18. The normalized spacial score (nSPS) is 11.4. The Morgan fingerprint density at radius 2 is 0.621 bits per heavy atom. The van der Waals surface area contributed by atoms with Crippen LogP contribution in [0.25, 0.3) is 44.2 Å². The predicted molar refractivity (Wildman–Crippen MR) is 253 cm³/mol. The molecule has 3 heteroatoms. The van der Waals surface area contributed by atoms with Crippen LogP contribution in [-0.2, 0) is 0 Å². The first-order valence-electron chi connectivity index (χ1n) is 20.1. The van der Waals surface area contributed by atoms with Crippen LogP contribution in [0.2, 0.25) is 19.6 Å². The summed E-state index contributed by atoms with van der Waals surface area (Å²) in [5.74, 6) is 0. The van der Waals surface area contributed by atoms with Gasteiger partial charge in [0.2, 0.25) is 0 Å². The van der Waals surface area contributed by atoms with E-state index >= 15 is 0 Å². The Hall–Kier alpha value is -6.94. The summed E-state index contributed by atoms with van der Waals surface area (Å²) in [6, 6.07) is 81.3. The van der Waals surface area contributed by atoms with Crippen molar-refractivity contribution in [3.63, 3.8) is 0 Å². The zero-order valence-corrected chi connectivity index (χ0v) is 34.3. The number of fused-ring (bicyclic) bond motifs is 1. The monoisotopic (exact) mass is 762 g/mol. The molecule has 0 aliphatic carbocycles. The minimum absolute atomic E-state index is 1.11. The van der Waals surface area contributed by atoms with Crippen molar-refractivity contribution < 1.29 is 0 Å². The maximum Gasteiger partial charge on any atom is 0.0775 e. The van der Waals surface area contributed by atoms with E-state index in [-0.39, 0.29) is 0 Å². The van der Waals surface area contributed by atoms with Crippen molar-refractivity contribution in [3.05, 3.63) is 224 Å². The van der Waals surface area contributed by atoms with Gasteiger partial charge in [-0.15, -0.1) is 0 Å². The van der Waals surface area contributed by atoms with E-state index in [1.165, 1.54) is 49.3 Å². The first kappa shape index (κ1) is 36.7. The summed E-state index contributed by atoms with van der Waals surface area (Å²) in [6.07, 6.45) is 0. The molecule has 0 aromatic heterocycles. The third-order valence-electron chi connectivity index (χ3n) is 11.0. The van der Waals surface area contributed by atoms with Crippen molar-refractivity contribution >= 4 is 58.2 Å². The van der Waals surface area contributed by atoms with Crippen molar-refractivity contribution in [2.24, 2.45) is 0 Å². The molecular weight excluding hydrogens is 717 g/mol. The summed E-state index contributed by atoms with van der Waals surface area (Å²) in [4.78, 5) is 4.67. The topological polar surface area (TPSA) is 6.48 Å². The van der Waals surface area contributed by atoms with Crippen molar-refractivity contribution in [1.82, 2.24) is 0 Å². The van der Waals surface area contributed by atoms with Crippen LogP contribution in [0.5, 0.6) is 0 Å². The molecule has 0 saturated heterocycles. The molecule has 0 heterocycles. The summed E-state index contributed by atoms with van der Waals surface area (Å²) in [6.45, 7) is 7.19. The Kier molecular flexibility index (Phi) is 10.1. The molecule has 0 spiro atoms. The molecule has 9 aromatic carbocycles. The van der Waals surface area contributed by atoms with Crippen molar-refractivity contribution in [2.45, 2.75) is 19.6 Å². The van der Waals surface area contributed by atoms with E-state index in [1.54, 1.807) is 0 Å². The van der Waals surface area contributed by atoms with Gasteiger partial charge >= 0.3 is 0 Å². The van der Waals surface area contributed by atoms with Crippen LogP contribution >= 0.6 is 0 Å². The van der Waals surface area contributed by atoms with Gasteiger partial charge < -0.3 is 9.80 Å². The highest BCUT2D eigenvalue weighted by atomic mass is 28.3. The Morgan fingerprint density at radius 1 is 0.259 bits per heavy atom. The van der Waals surface area contributed by atoms with E-state index < -0.39 is 8.07 Å². The van der Waals surface area contributed by atoms with Crippen LogP contribution in [0.1, 0.15) is 0 Å². The Labute approximate surface area is 344 Å². The number of anilines is 6. The first-order chi connectivity index (χ1) is 28.4. The second-order valence-corrected chi connectivity index (χ2v) is 21.0. The SMILES string of the molecule is C[Si](C)(C)c1ccc(N(c2ccccc2)c2ccc(-c3ccc(-c4ccc(N(c5ccccc5)c5cccc(-c6ccc7ccccc7c6)c5)cc4)cc3)cc2)cc1. The van der Waals surface area contributed by atoms with Gasteiger partial charge in [-0.2, -0.15) is 0 Å². The third kappa shape index (κ3) is 7.73. The zero-order chi connectivity index (χ0) is 39.5. The standard InChI is InChI=1S/C55H46N2Si/c1-58(2,3)55-37-35-53(36-38-55)56(49-16-6-4-7-17-49)51-31-27-44(28-32-51)42-21-23-43(24-22-42)45-29-33-52(34-30-45)57(50-18-8-5-9-19-50)54-20-12-15-47(40-54)48-26-25-41-13-10-11-14-46(41)39-48/h4-40H,1-3H3. The fourth-order valence-electron chi connectivity index (χ4n) is 7.81. The molecule has 0 radical (unpaired) electrons. The largest absolute Gasteiger partial charge is 0.311 e. The van der Waals surface area contributed by atoms with Gasteiger partial charge in [-0.3, -0.25) is 0 Å². The molecule has 0 aliphatic heterocycles. The number of hydrogen-bond acceptors (Lipinski definition) is 2. The highest BCUT2D eigenvalue weighted by molar-refractivity contribution is 6.88. The van der Waals surface area contributed by atoms with Crippen molar-refractivity contribution in [3.8, 4) is 33.4 Å². The molecule has 0 N–H and O–H groups in total. The summed E-state index contributed by atoms with van der Waals surface area (Å²) in [5, 5.41) is 3.96. The maximum atomic E-state index is 2.40. The molecule has 0 bridgehead atoms. The van der Waals surface area contributed by atoms with Crippen LogP contribution in [-0.4, -0.2) is 8.07 Å². The van der Waals surface area contributed by atoms with E-state index in [0.29, 0.717) is 0 Å². The fraction of sp³-hybridized carbons (Fsp3) is 0.0545. The van der Waals surface area contributed by atoms with Crippen LogP contribution < -0.4 is 15.0 Å². The van der Waals surface area contributed by atoms with Gasteiger partial charge in [-0.1, -0.05) is 170 Å². The molecule has 0 amide bonds. The average Bonchev–Trinajstić information content (AvgIpc) is 3.28. The Balaban J connectivity index is 0.964. The lowest BCUT2D eigenvalue weighted by Gasteiger charge is -2.26. The van der Waals surface area contributed by atoms with Gasteiger partial charge in [-0.05, 0) is 123 Å². The molecule has 9 rings (SSSR count). The van der Waals surface area contributed by atoms with Crippen LogP contribution in [0.4, 0.5) is 34.1 Å². The molecule has 0 fully saturated rings. The van der Waals surface area contributed by atoms with E-state index in [4.69, 9.17) is 0 Å². The lowest BCUT2D eigenvalue weighted by atomic mass is 9.99. The molecule has 0 saturated carbocycles. The first-order valence-corrected chi connectivity index (χ1v) is 23.6. The molecular formula is C55H46N2Si. The predicted octanol–water partition coefficient (Wildman–Crippen LogP) is 15.3. The smallest absolute Gasteiger partial charge is 0.0775 e. The lowest BCUT2D eigenvalue weighted by molar-refractivity contribution is 1.28. The van der Waals surface area contributed by atoms with Gasteiger partial charge in [0.1, 0.15) is 0 Å². The molecule has 0 unspecified atom stereocenters. The van der Waals surface area contributed by atoms with E-state index in [0.717, 1.165) is 34.1 Å². The molecule has 0 atom stereocenters. The molecule has 9 aromatic rings. The zero-order valence-electron chi connectivity index (χ0n) is 33.3. The van der Waals surface area contributed by atoms with Gasteiger partial charge in [0.15, 0.2) is 0 Å². The number of nitrogens with zero attached hydrogens (tertiary/aromatic N) is 2. The molecule has 0 aliphatic rings. The van der Waals surface area contributed by atoms with E-state index in [1.807, 2.05) is 0 Å². The number of benzene rings is 9. The second kappa shape index (κ2) is 15.9. The molecule has 280 valence electrons. The van der Waals surface area contributed by atoms with Crippen LogP contribution in [0.15, 0.2) is 224 Å². The number of hydrogen-bond donors (Lipinski definition) is 0. The maximum absolute atomic E-state index is 2.40. The van der Waals surface area contributed by atoms with Gasteiger partial charge in [-0.25, -0.2) is 0 Å². The Morgan fingerprint density at radius 3 is 1.12 bits per heavy atom. The van der Waals surface area contributed by atoms with Crippen LogP contribution in [0.3, 0.4) is 0 Å². The summed E-state index contributed by atoms with van der Waals surface area (Å²) in [5.41, 5.74) is 13.9. The van der Waals surface area contributed by atoms with E-state index in [9.17, 15) is 0 Å². The molecule has 58 heavy (non-hydrogen) atoms. The lowest BCUT2D eigenvalue weighted by Crippen LogP contribution is -2.37.